The van der Waals surface area contributed by atoms with Crippen LogP contribution in [0.2, 0.25) is 0 Å². The zero-order valence-electron chi connectivity index (χ0n) is 11.1. The summed E-state index contributed by atoms with van der Waals surface area (Å²) in [5.41, 5.74) is 7.96. The molecule has 0 amide bonds. The van der Waals surface area contributed by atoms with Crippen molar-refractivity contribution >= 4 is 28.6 Å². The second-order valence-electron chi connectivity index (χ2n) is 4.57. The Morgan fingerprint density at radius 3 is 2.40 bits per heavy atom. The van der Waals surface area contributed by atoms with Gasteiger partial charge in [-0.3, -0.25) is 0 Å². The average Bonchev–Trinajstić information content (AvgIpc) is 2.39. The molecule has 0 fully saturated rings. The van der Waals surface area contributed by atoms with Gasteiger partial charge >= 0.3 is 0 Å². The molecule has 0 aromatic heterocycles. The maximum Gasteiger partial charge on any atom is 0.152 e. The molecule has 0 bridgehead atoms. The third-order valence-electron chi connectivity index (χ3n) is 3.05. The van der Waals surface area contributed by atoms with Crippen LogP contribution in [0.15, 0.2) is 30.3 Å². The van der Waals surface area contributed by atoms with Crippen LogP contribution in [0.25, 0.3) is 0 Å². The summed E-state index contributed by atoms with van der Waals surface area (Å²) in [6.45, 7) is 3.42. The van der Waals surface area contributed by atoms with Crippen LogP contribution in [0.5, 0.6) is 0 Å². The van der Waals surface area contributed by atoms with E-state index in [1.54, 1.807) is 25.1 Å². The number of rotatable bonds is 3. The van der Waals surface area contributed by atoms with Gasteiger partial charge in [-0.05, 0) is 49.2 Å². The highest BCUT2D eigenvalue weighted by atomic mass is 32.1. The first-order valence-corrected chi connectivity index (χ1v) is 6.43. The molecule has 2 aromatic rings. The van der Waals surface area contributed by atoms with E-state index in [2.05, 4.69) is 5.32 Å². The Morgan fingerprint density at radius 2 is 1.80 bits per heavy atom. The second-order valence-corrected chi connectivity index (χ2v) is 5.01. The molecule has 0 aliphatic carbocycles. The Labute approximate surface area is 121 Å². The molecule has 0 unspecified atom stereocenters. The average molecular weight is 292 g/mol. The molecule has 0 aliphatic rings. The van der Waals surface area contributed by atoms with E-state index in [0.29, 0.717) is 16.2 Å². The third kappa shape index (κ3) is 2.77. The van der Waals surface area contributed by atoms with Crippen LogP contribution in [0.4, 0.5) is 20.2 Å². The van der Waals surface area contributed by atoms with E-state index in [-0.39, 0.29) is 5.69 Å². The van der Waals surface area contributed by atoms with Crippen LogP contribution >= 0.6 is 12.2 Å². The number of nitrogens with two attached hydrogens (primary N) is 1. The van der Waals surface area contributed by atoms with Crippen LogP contribution in [-0.4, -0.2) is 4.99 Å². The molecular weight excluding hydrogens is 278 g/mol. The number of hydrogen-bond acceptors (Lipinski definition) is 2. The van der Waals surface area contributed by atoms with Gasteiger partial charge in [-0.15, -0.1) is 0 Å². The summed E-state index contributed by atoms with van der Waals surface area (Å²) < 4.78 is 27.6. The molecule has 2 nitrogen and oxygen atoms in total. The van der Waals surface area contributed by atoms with Gasteiger partial charge in [-0.25, -0.2) is 8.78 Å². The van der Waals surface area contributed by atoms with Crippen molar-refractivity contribution in [1.82, 2.24) is 0 Å². The molecule has 0 atom stereocenters. The van der Waals surface area contributed by atoms with Crippen molar-refractivity contribution in [3.63, 3.8) is 0 Å². The zero-order valence-corrected chi connectivity index (χ0v) is 11.9. The zero-order chi connectivity index (χ0) is 14.9. The summed E-state index contributed by atoms with van der Waals surface area (Å²) in [6.07, 6.45) is 0. The minimum atomic E-state index is -0.635. The molecular formula is C15H14F2N2S. The van der Waals surface area contributed by atoms with Crippen molar-refractivity contribution in [3.05, 3.63) is 58.7 Å². The second kappa shape index (κ2) is 5.54. The van der Waals surface area contributed by atoms with Crippen molar-refractivity contribution < 1.29 is 8.78 Å². The molecule has 2 aromatic carbocycles. The van der Waals surface area contributed by atoms with Crippen molar-refractivity contribution in [1.29, 1.82) is 0 Å². The van der Waals surface area contributed by atoms with Gasteiger partial charge in [-0.1, -0.05) is 18.3 Å². The topological polar surface area (TPSA) is 38.0 Å². The van der Waals surface area contributed by atoms with Gasteiger partial charge in [0.2, 0.25) is 0 Å². The smallest absolute Gasteiger partial charge is 0.152 e. The van der Waals surface area contributed by atoms with Gasteiger partial charge in [0.25, 0.3) is 0 Å². The molecule has 5 heteroatoms. The number of anilines is 2. The van der Waals surface area contributed by atoms with Gasteiger partial charge < -0.3 is 11.1 Å². The van der Waals surface area contributed by atoms with Crippen LogP contribution in [0.1, 0.15) is 16.7 Å². The summed E-state index contributed by atoms with van der Waals surface area (Å²) in [4.78, 5) is 0.293. The van der Waals surface area contributed by atoms with E-state index in [9.17, 15) is 8.78 Å². The monoisotopic (exact) mass is 292 g/mol. The SMILES string of the molecule is Cc1cc(Nc2c(F)ccc(C)c2F)ccc1C(N)=S. The number of hydrogen-bond donors (Lipinski definition) is 2. The predicted molar refractivity (Wildman–Crippen MR) is 81.4 cm³/mol. The van der Waals surface area contributed by atoms with E-state index in [0.717, 1.165) is 11.1 Å². The number of nitrogens with one attached hydrogen (secondary N) is 1. The van der Waals surface area contributed by atoms with Gasteiger partial charge in [0.1, 0.15) is 16.5 Å². The van der Waals surface area contributed by atoms with E-state index < -0.39 is 11.6 Å². The van der Waals surface area contributed by atoms with Gasteiger partial charge in [0.05, 0.1) is 0 Å². The molecule has 0 saturated heterocycles. The summed E-state index contributed by atoms with van der Waals surface area (Å²) in [5, 5.41) is 2.75. The number of halogens is 2. The molecule has 0 saturated carbocycles. The highest BCUT2D eigenvalue weighted by Gasteiger charge is 2.12. The molecule has 3 N–H and O–H groups in total. The standard InChI is InChI=1S/C15H14F2N2S/c1-8-3-6-12(16)14(13(8)17)19-10-4-5-11(15(18)20)9(2)7-10/h3-7,19H,1-2H3,(H2,18,20). The van der Waals surface area contributed by atoms with Gasteiger partial charge in [-0.2, -0.15) is 0 Å². The lowest BCUT2D eigenvalue weighted by Crippen LogP contribution is -2.11. The minimum Gasteiger partial charge on any atom is -0.389 e. The largest absolute Gasteiger partial charge is 0.389 e. The Balaban J connectivity index is 2.39. The summed E-state index contributed by atoms with van der Waals surface area (Å²) in [5.74, 6) is -1.23. The lowest BCUT2D eigenvalue weighted by Gasteiger charge is -2.12. The van der Waals surface area contributed by atoms with Crippen LogP contribution in [0, 0.1) is 25.5 Å². The van der Waals surface area contributed by atoms with Crippen molar-refractivity contribution in [2.24, 2.45) is 5.73 Å². The Kier molecular flexibility index (Phi) is 3.99. The highest BCUT2D eigenvalue weighted by Crippen LogP contribution is 2.26. The number of thiocarbonyl (C=S) groups is 1. The summed E-state index contributed by atoms with van der Waals surface area (Å²) in [6, 6.07) is 7.79. The molecule has 0 spiro atoms. The van der Waals surface area contributed by atoms with Gasteiger partial charge in [0, 0.05) is 11.3 Å². The Bertz CT molecular complexity index is 684. The quantitative estimate of drug-likeness (QED) is 0.841. The first-order chi connectivity index (χ1) is 9.40. The predicted octanol–water partition coefficient (Wildman–Crippen LogP) is 3.96. The fraction of sp³-hybridized carbons (Fsp3) is 0.133. The van der Waals surface area contributed by atoms with Crippen molar-refractivity contribution in [3.8, 4) is 0 Å². The Morgan fingerprint density at radius 1 is 1.10 bits per heavy atom. The molecule has 2 rings (SSSR count). The van der Waals surface area contributed by atoms with Crippen molar-refractivity contribution in [2.45, 2.75) is 13.8 Å². The molecule has 20 heavy (non-hydrogen) atoms. The normalized spacial score (nSPS) is 10.4. The van der Waals surface area contributed by atoms with E-state index in [4.69, 9.17) is 18.0 Å². The van der Waals surface area contributed by atoms with Crippen molar-refractivity contribution in [2.75, 3.05) is 5.32 Å². The van der Waals surface area contributed by atoms with Gasteiger partial charge in [0.15, 0.2) is 5.82 Å². The third-order valence-corrected chi connectivity index (χ3v) is 3.27. The van der Waals surface area contributed by atoms with Crippen LogP contribution in [-0.2, 0) is 0 Å². The van der Waals surface area contributed by atoms with E-state index >= 15 is 0 Å². The maximum atomic E-state index is 13.9. The first-order valence-electron chi connectivity index (χ1n) is 6.02. The molecule has 0 aliphatic heterocycles. The van der Waals surface area contributed by atoms with E-state index in [1.165, 1.54) is 12.1 Å². The molecule has 0 radical (unpaired) electrons. The summed E-state index contributed by atoms with van der Waals surface area (Å²) >= 11 is 4.92. The number of benzene rings is 2. The fourth-order valence-electron chi connectivity index (χ4n) is 1.93. The van der Waals surface area contributed by atoms with E-state index in [1.807, 2.05) is 6.92 Å². The minimum absolute atomic E-state index is 0.160. The lowest BCUT2D eigenvalue weighted by atomic mass is 10.1. The maximum absolute atomic E-state index is 13.9. The first kappa shape index (κ1) is 14.4. The molecule has 0 heterocycles. The number of aryl methyl sites for hydroxylation is 2. The summed E-state index contributed by atoms with van der Waals surface area (Å²) in [7, 11) is 0. The van der Waals surface area contributed by atoms with Crippen LogP contribution in [0.3, 0.4) is 0 Å². The highest BCUT2D eigenvalue weighted by molar-refractivity contribution is 7.80. The Hall–Kier alpha value is -2.01. The van der Waals surface area contributed by atoms with Crippen LogP contribution < -0.4 is 11.1 Å². The molecule has 104 valence electrons. The fourth-order valence-corrected chi connectivity index (χ4v) is 2.16. The lowest BCUT2D eigenvalue weighted by molar-refractivity contribution is 0.585.